The Labute approximate surface area is 115 Å². The van der Waals surface area contributed by atoms with Gasteiger partial charge in [0.15, 0.2) is 0 Å². The van der Waals surface area contributed by atoms with E-state index in [1.54, 1.807) is 44.2 Å². The van der Waals surface area contributed by atoms with Gasteiger partial charge in [0.25, 0.3) is 6.10 Å². The number of hydrogen-bond acceptors (Lipinski definition) is 3. The Morgan fingerprint density at radius 1 is 1.20 bits per heavy atom. The molecule has 0 amide bonds. The Kier molecular flexibility index (Phi) is 6.01. The fourth-order valence-corrected chi connectivity index (χ4v) is 1.37. The van der Waals surface area contributed by atoms with E-state index in [4.69, 9.17) is 0 Å². The van der Waals surface area contributed by atoms with Crippen molar-refractivity contribution in [1.29, 1.82) is 0 Å². The van der Waals surface area contributed by atoms with E-state index in [1.165, 1.54) is 0 Å². The Morgan fingerprint density at radius 3 is 2.30 bits per heavy atom. The summed E-state index contributed by atoms with van der Waals surface area (Å²) in [4.78, 5) is 11.4. The van der Waals surface area contributed by atoms with Crippen LogP contribution in [0, 0.1) is 5.92 Å². The maximum absolute atomic E-state index is 12.8. The number of rotatable bonds is 6. The number of esters is 1. The number of carbonyl (C=O) groups excluding carboxylic acids is 1. The van der Waals surface area contributed by atoms with Crippen LogP contribution in [0.25, 0.3) is 0 Å². The number of hydrogen-bond donors (Lipinski definition) is 0. The third kappa shape index (κ3) is 5.61. The van der Waals surface area contributed by atoms with Gasteiger partial charge in [-0.05, 0) is 11.5 Å². The minimum Gasteiger partial charge on any atom is -0.463 e. The fraction of sp³-hybridized carbons (Fsp3) is 0.500. The second-order valence-corrected chi connectivity index (χ2v) is 4.74. The first-order chi connectivity index (χ1) is 9.30. The molecule has 112 valence electrons. The summed E-state index contributed by atoms with van der Waals surface area (Å²) in [5.74, 6) is -1.44. The summed E-state index contributed by atoms with van der Waals surface area (Å²) in [7, 11) is 0. The molecule has 0 saturated carbocycles. The van der Waals surface area contributed by atoms with Crippen LogP contribution in [-0.2, 0) is 20.9 Å². The molecule has 0 aliphatic rings. The summed E-state index contributed by atoms with van der Waals surface area (Å²) < 4.78 is 47.6. The normalized spacial score (nSPS) is 13.3. The first-order valence-electron chi connectivity index (χ1n) is 6.19. The number of benzene rings is 1. The summed E-state index contributed by atoms with van der Waals surface area (Å²) in [6, 6.07) is 8.33. The van der Waals surface area contributed by atoms with Crippen LogP contribution >= 0.6 is 0 Å². The zero-order valence-electron chi connectivity index (χ0n) is 11.3. The highest BCUT2D eigenvalue weighted by atomic mass is 19.4. The average molecular weight is 290 g/mol. The molecule has 6 heteroatoms. The van der Waals surface area contributed by atoms with Gasteiger partial charge < -0.3 is 9.47 Å². The predicted octanol–water partition coefficient (Wildman–Crippen LogP) is 3.33. The van der Waals surface area contributed by atoms with Crippen LogP contribution in [0.5, 0.6) is 0 Å². The Hall–Kier alpha value is -1.56. The zero-order valence-corrected chi connectivity index (χ0v) is 11.3. The van der Waals surface area contributed by atoms with Crippen molar-refractivity contribution in [1.82, 2.24) is 0 Å². The van der Waals surface area contributed by atoms with E-state index in [-0.39, 0.29) is 19.1 Å². The third-order valence-electron chi connectivity index (χ3n) is 2.33. The summed E-state index contributed by atoms with van der Waals surface area (Å²) in [6.07, 6.45) is -7.34. The first-order valence-corrected chi connectivity index (χ1v) is 6.19. The van der Waals surface area contributed by atoms with Crippen molar-refractivity contribution in [3.8, 4) is 0 Å². The highest BCUT2D eigenvalue weighted by molar-refractivity contribution is 5.75. The molecular weight excluding hydrogens is 273 g/mol. The van der Waals surface area contributed by atoms with E-state index in [0.717, 1.165) is 0 Å². The van der Waals surface area contributed by atoms with Crippen LogP contribution in [-0.4, -0.2) is 24.9 Å². The van der Waals surface area contributed by atoms with Gasteiger partial charge in [-0.1, -0.05) is 44.2 Å². The minimum atomic E-state index is -4.79. The monoisotopic (exact) mass is 290 g/mol. The molecule has 20 heavy (non-hydrogen) atoms. The Balaban J connectivity index is 2.63. The van der Waals surface area contributed by atoms with E-state index in [1.807, 2.05) is 0 Å². The minimum absolute atomic E-state index is 0.0399. The quantitative estimate of drug-likeness (QED) is 0.754. The molecule has 0 aliphatic carbocycles. The fourth-order valence-electron chi connectivity index (χ4n) is 1.37. The molecule has 0 saturated heterocycles. The summed E-state index contributed by atoms with van der Waals surface area (Å²) in [6.45, 7) is 3.10. The molecule has 1 unspecified atom stereocenters. The molecule has 0 heterocycles. The second-order valence-electron chi connectivity index (χ2n) is 4.74. The van der Waals surface area contributed by atoms with Crippen LogP contribution in [0.15, 0.2) is 30.3 Å². The van der Waals surface area contributed by atoms with Crippen LogP contribution in [0.2, 0.25) is 0 Å². The van der Waals surface area contributed by atoms with E-state index < -0.39 is 18.2 Å². The number of carbonyl (C=O) groups is 1. The molecule has 0 N–H and O–H groups in total. The molecule has 3 nitrogen and oxygen atoms in total. The van der Waals surface area contributed by atoms with Crippen molar-refractivity contribution < 1.29 is 27.4 Å². The van der Waals surface area contributed by atoms with Crippen molar-refractivity contribution >= 4 is 5.97 Å². The lowest BCUT2D eigenvalue weighted by Gasteiger charge is -2.20. The Bertz CT molecular complexity index is 415. The molecule has 1 aromatic rings. The predicted molar refractivity (Wildman–Crippen MR) is 66.9 cm³/mol. The van der Waals surface area contributed by atoms with Crippen molar-refractivity contribution in [2.45, 2.75) is 32.7 Å². The lowest BCUT2D eigenvalue weighted by molar-refractivity contribution is -0.233. The zero-order chi connectivity index (χ0) is 15.2. The maximum Gasteiger partial charge on any atom is 0.425 e. The Morgan fingerprint density at radius 2 is 1.80 bits per heavy atom. The molecule has 0 aromatic heterocycles. The standard InChI is InChI=1S/C14H17F3O3/c1-10(2)8-20-13(18)12(14(15,16)17)19-9-11-6-4-3-5-7-11/h3-7,10,12H,8-9H2,1-2H3. The highest BCUT2D eigenvalue weighted by Crippen LogP contribution is 2.25. The van der Waals surface area contributed by atoms with Crippen molar-refractivity contribution in [3.63, 3.8) is 0 Å². The van der Waals surface area contributed by atoms with Gasteiger partial charge in [0.1, 0.15) is 0 Å². The van der Waals surface area contributed by atoms with Gasteiger partial charge in [-0.3, -0.25) is 0 Å². The van der Waals surface area contributed by atoms with E-state index in [9.17, 15) is 18.0 Å². The lowest BCUT2D eigenvalue weighted by atomic mass is 10.2. The van der Waals surface area contributed by atoms with Gasteiger partial charge in [0, 0.05) is 0 Å². The van der Waals surface area contributed by atoms with Crippen molar-refractivity contribution in [3.05, 3.63) is 35.9 Å². The number of halogens is 3. The van der Waals surface area contributed by atoms with Crippen molar-refractivity contribution in [2.24, 2.45) is 5.92 Å². The largest absolute Gasteiger partial charge is 0.463 e. The van der Waals surface area contributed by atoms with Gasteiger partial charge in [-0.25, -0.2) is 4.79 Å². The number of alkyl halides is 3. The highest BCUT2D eigenvalue weighted by Gasteiger charge is 2.47. The van der Waals surface area contributed by atoms with Crippen LogP contribution in [0.3, 0.4) is 0 Å². The molecule has 1 atom stereocenters. The summed E-state index contributed by atoms with van der Waals surface area (Å²) in [5, 5.41) is 0. The third-order valence-corrected chi connectivity index (χ3v) is 2.33. The van der Waals surface area contributed by atoms with Gasteiger partial charge in [-0.15, -0.1) is 0 Å². The number of ether oxygens (including phenoxy) is 2. The molecule has 0 aliphatic heterocycles. The molecule has 0 radical (unpaired) electrons. The van der Waals surface area contributed by atoms with Crippen LogP contribution in [0.4, 0.5) is 13.2 Å². The second kappa shape index (κ2) is 7.28. The average Bonchev–Trinajstić information content (AvgIpc) is 2.36. The van der Waals surface area contributed by atoms with Gasteiger partial charge >= 0.3 is 12.1 Å². The SMILES string of the molecule is CC(C)COC(=O)C(OCc1ccccc1)C(F)(F)F. The maximum atomic E-state index is 12.8. The molecule has 1 rings (SSSR count). The van der Waals surface area contributed by atoms with E-state index in [2.05, 4.69) is 9.47 Å². The van der Waals surface area contributed by atoms with Crippen molar-refractivity contribution in [2.75, 3.05) is 6.61 Å². The molecule has 0 bridgehead atoms. The molecule has 1 aromatic carbocycles. The molecule has 0 fully saturated rings. The topological polar surface area (TPSA) is 35.5 Å². The summed E-state index contributed by atoms with van der Waals surface area (Å²) in [5.41, 5.74) is 0.554. The first kappa shape index (κ1) is 16.5. The molecular formula is C14H17F3O3. The van der Waals surface area contributed by atoms with Crippen LogP contribution in [0.1, 0.15) is 19.4 Å². The van der Waals surface area contributed by atoms with Gasteiger partial charge in [-0.2, -0.15) is 13.2 Å². The lowest BCUT2D eigenvalue weighted by Crippen LogP contribution is -2.40. The van der Waals surface area contributed by atoms with E-state index >= 15 is 0 Å². The van der Waals surface area contributed by atoms with Gasteiger partial charge in [0.05, 0.1) is 13.2 Å². The van der Waals surface area contributed by atoms with Gasteiger partial charge in [0.2, 0.25) is 0 Å². The van der Waals surface area contributed by atoms with E-state index in [0.29, 0.717) is 5.56 Å². The van der Waals surface area contributed by atoms with Crippen LogP contribution < -0.4 is 0 Å². The molecule has 0 spiro atoms. The smallest absolute Gasteiger partial charge is 0.425 e. The summed E-state index contributed by atoms with van der Waals surface area (Å²) >= 11 is 0.